The molecule has 0 spiro atoms. The topological polar surface area (TPSA) is 38.7 Å². The molecule has 0 amide bonds. The van der Waals surface area contributed by atoms with Crippen molar-refractivity contribution in [3.63, 3.8) is 0 Å². The molecule has 0 aliphatic carbocycles. The normalized spacial score (nSPS) is 14.3. The number of fused-ring (bicyclic) bond motifs is 1. The third-order valence-corrected chi connectivity index (χ3v) is 2.95. The smallest absolute Gasteiger partial charge is 0.154 e. The van der Waals surface area contributed by atoms with Crippen LogP contribution in [0, 0.1) is 0 Å². The largest absolute Gasteiger partial charge is 0.488 e. The summed E-state index contributed by atoms with van der Waals surface area (Å²) in [5.41, 5.74) is 0. The highest BCUT2D eigenvalue weighted by Crippen LogP contribution is 2.26. The van der Waals surface area contributed by atoms with Crippen molar-refractivity contribution >= 4 is 10.8 Å². The van der Waals surface area contributed by atoms with Gasteiger partial charge in [0.05, 0.1) is 6.61 Å². The number of hydrogen-bond acceptors (Lipinski definition) is 3. The molecule has 3 heteroatoms. The van der Waals surface area contributed by atoms with Gasteiger partial charge in [-0.2, -0.15) is 0 Å². The Bertz CT molecular complexity index is 519. The average Bonchev–Trinajstić information content (AvgIpc) is 2.45. The summed E-state index contributed by atoms with van der Waals surface area (Å²) in [5, 5.41) is 11.6. The van der Waals surface area contributed by atoms with E-state index in [1.54, 1.807) is 0 Å². The first-order valence-corrected chi connectivity index (χ1v) is 6.64. The van der Waals surface area contributed by atoms with Gasteiger partial charge in [-0.3, -0.25) is 0 Å². The number of aliphatic hydroxyl groups excluding tert-OH is 1. The molecule has 2 aromatic carbocycles. The van der Waals surface area contributed by atoms with Gasteiger partial charge in [0.1, 0.15) is 11.9 Å². The second kappa shape index (κ2) is 6.55. The molecular formula is C16H20O3. The second-order valence-electron chi connectivity index (χ2n) is 4.60. The van der Waals surface area contributed by atoms with Gasteiger partial charge >= 0.3 is 0 Å². The van der Waals surface area contributed by atoms with Crippen molar-refractivity contribution in [2.75, 3.05) is 6.61 Å². The molecule has 3 nitrogen and oxygen atoms in total. The Labute approximate surface area is 113 Å². The third kappa shape index (κ3) is 3.69. The number of benzene rings is 2. The van der Waals surface area contributed by atoms with Gasteiger partial charge < -0.3 is 14.6 Å². The maximum absolute atomic E-state index is 9.37. The van der Waals surface area contributed by atoms with Gasteiger partial charge in [0.2, 0.25) is 0 Å². The van der Waals surface area contributed by atoms with Crippen LogP contribution in [0.3, 0.4) is 0 Å². The van der Waals surface area contributed by atoms with Crippen molar-refractivity contribution in [2.24, 2.45) is 0 Å². The van der Waals surface area contributed by atoms with Crippen LogP contribution in [-0.4, -0.2) is 24.1 Å². The second-order valence-corrected chi connectivity index (χ2v) is 4.60. The van der Waals surface area contributed by atoms with Crippen molar-refractivity contribution in [1.29, 1.82) is 0 Å². The van der Waals surface area contributed by atoms with E-state index in [4.69, 9.17) is 9.47 Å². The summed E-state index contributed by atoms with van der Waals surface area (Å²) >= 11 is 0. The quantitative estimate of drug-likeness (QED) is 0.809. The maximum Gasteiger partial charge on any atom is 0.154 e. The Morgan fingerprint density at radius 1 is 1.11 bits per heavy atom. The molecule has 0 saturated carbocycles. The fourth-order valence-corrected chi connectivity index (χ4v) is 1.91. The molecule has 0 fully saturated rings. The first-order valence-electron chi connectivity index (χ1n) is 6.64. The van der Waals surface area contributed by atoms with E-state index in [0.29, 0.717) is 13.0 Å². The lowest BCUT2D eigenvalue weighted by atomic mass is 10.1. The van der Waals surface area contributed by atoms with E-state index in [-0.39, 0.29) is 6.10 Å². The number of ether oxygens (including phenoxy) is 2. The molecule has 0 bridgehead atoms. The minimum atomic E-state index is -0.710. The molecule has 2 aromatic rings. The zero-order valence-electron chi connectivity index (χ0n) is 11.4. The summed E-state index contributed by atoms with van der Waals surface area (Å²) in [6, 6.07) is 14.1. The molecular weight excluding hydrogens is 240 g/mol. The molecule has 0 aromatic heterocycles. The van der Waals surface area contributed by atoms with Crippen LogP contribution >= 0.6 is 0 Å². The average molecular weight is 260 g/mol. The van der Waals surface area contributed by atoms with Crippen LogP contribution in [0.5, 0.6) is 5.75 Å². The van der Waals surface area contributed by atoms with E-state index in [1.165, 1.54) is 0 Å². The Hall–Kier alpha value is -1.58. The van der Waals surface area contributed by atoms with E-state index in [9.17, 15) is 5.11 Å². The van der Waals surface area contributed by atoms with Crippen LogP contribution in [0.15, 0.2) is 42.5 Å². The summed E-state index contributed by atoms with van der Waals surface area (Å²) < 4.78 is 11.2. The standard InChI is InChI=1S/C16H20O3/c1-3-16(17)18-11-12(2)19-15-10-6-8-13-7-4-5-9-14(13)15/h4-10,12,16-17H,3,11H2,1-2H3. The van der Waals surface area contributed by atoms with Gasteiger partial charge in [-0.15, -0.1) is 0 Å². The molecule has 0 saturated heterocycles. The van der Waals surface area contributed by atoms with Gasteiger partial charge in [0, 0.05) is 5.39 Å². The highest BCUT2D eigenvalue weighted by molar-refractivity contribution is 5.88. The van der Waals surface area contributed by atoms with Gasteiger partial charge in [-0.05, 0) is 24.8 Å². The molecule has 2 rings (SSSR count). The van der Waals surface area contributed by atoms with Crippen LogP contribution in [0.2, 0.25) is 0 Å². The van der Waals surface area contributed by atoms with Crippen LogP contribution in [0.4, 0.5) is 0 Å². The van der Waals surface area contributed by atoms with Gasteiger partial charge in [0.25, 0.3) is 0 Å². The summed E-state index contributed by atoms with van der Waals surface area (Å²) in [5.74, 6) is 0.847. The van der Waals surface area contributed by atoms with Crippen LogP contribution in [0.25, 0.3) is 10.8 Å². The van der Waals surface area contributed by atoms with E-state index < -0.39 is 6.29 Å². The highest BCUT2D eigenvalue weighted by atomic mass is 16.6. The molecule has 0 aliphatic heterocycles. The van der Waals surface area contributed by atoms with E-state index >= 15 is 0 Å². The SMILES string of the molecule is CCC(O)OCC(C)Oc1cccc2ccccc12. The molecule has 2 unspecified atom stereocenters. The summed E-state index contributed by atoms with van der Waals surface area (Å²) in [7, 11) is 0. The lowest BCUT2D eigenvalue weighted by Crippen LogP contribution is -2.23. The Morgan fingerprint density at radius 3 is 2.63 bits per heavy atom. The van der Waals surface area contributed by atoms with E-state index in [2.05, 4.69) is 12.1 Å². The number of aliphatic hydroxyl groups is 1. The molecule has 19 heavy (non-hydrogen) atoms. The summed E-state index contributed by atoms with van der Waals surface area (Å²) in [4.78, 5) is 0. The number of rotatable bonds is 6. The summed E-state index contributed by atoms with van der Waals surface area (Å²) in [6.45, 7) is 4.18. The van der Waals surface area contributed by atoms with Crippen molar-refractivity contribution in [3.8, 4) is 5.75 Å². The monoisotopic (exact) mass is 260 g/mol. The van der Waals surface area contributed by atoms with Gasteiger partial charge in [0.15, 0.2) is 6.29 Å². The fourth-order valence-electron chi connectivity index (χ4n) is 1.91. The molecule has 0 radical (unpaired) electrons. The molecule has 1 N–H and O–H groups in total. The van der Waals surface area contributed by atoms with Crippen LogP contribution in [0.1, 0.15) is 20.3 Å². The van der Waals surface area contributed by atoms with E-state index in [0.717, 1.165) is 16.5 Å². The lowest BCUT2D eigenvalue weighted by molar-refractivity contribution is -0.116. The van der Waals surface area contributed by atoms with E-state index in [1.807, 2.05) is 44.2 Å². The van der Waals surface area contributed by atoms with Crippen LogP contribution < -0.4 is 4.74 Å². The Kier molecular flexibility index (Phi) is 4.77. The Morgan fingerprint density at radius 2 is 1.84 bits per heavy atom. The van der Waals surface area contributed by atoms with Crippen molar-refractivity contribution < 1.29 is 14.6 Å². The third-order valence-electron chi connectivity index (χ3n) is 2.95. The maximum atomic E-state index is 9.37. The van der Waals surface area contributed by atoms with Gasteiger partial charge in [-0.25, -0.2) is 0 Å². The Balaban J connectivity index is 2.04. The highest BCUT2D eigenvalue weighted by Gasteiger charge is 2.09. The molecule has 0 aliphatic rings. The van der Waals surface area contributed by atoms with Crippen molar-refractivity contribution in [2.45, 2.75) is 32.7 Å². The molecule has 102 valence electrons. The first kappa shape index (κ1) is 13.8. The van der Waals surface area contributed by atoms with Gasteiger partial charge in [-0.1, -0.05) is 43.3 Å². The predicted octanol–water partition coefficient (Wildman–Crippen LogP) is 3.35. The van der Waals surface area contributed by atoms with Crippen molar-refractivity contribution in [3.05, 3.63) is 42.5 Å². The minimum absolute atomic E-state index is 0.105. The molecule has 2 atom stereocenters. The van der Waals surface area contributed by atoms with Crippen LogP contribution in [-0.2, 0) is 4.74 Å². The fraction of sp³-hybridized carbons (Fsp3) is 0.375. The minimum Gasteiger partial charge on any atom is -0.488 e. The summed E-state index contributed by atoms with van der Waals surface area (Å²) in [6.07, 6.45) is -0.230. The van der Waals surface area contributed by atoms with Crippen molar-refractivity contribution in [1.82, 2.24) is 0 Å². The zero-order chi connectivity index (χ0) is 13.7. The first-order chi connectivity index (χ1) is 9.20. The lowest BCUT2D eigenvalue weighted by Gasteiger charge is -2.18. The number of hydrogen-bond donors (Lipinski definition) is 1. The zero-order valence-corrected chi connectivity index (χ0v) is 11.4. The predicted molar refractivity (Wildman–Crippen MR) is 76.3 cm³/mol. The molecule has 0 heterocycles.